The normalized spacial score (nSPS) is 21.3. The third kappa shape index (κ3) is 2.87. The summed E-state index contributed by atoms with van der Waals surface area (Å²) in [6.45, 7) is 3.40. The number of hydrogen-bond donors (Lipinski definition) is 1. The van der Waals surface area contributed by atoms with Crippen LogP contribution in [0, 0.1) is 0 Å². The van der Waals surface area contributed by atoms with E-state index in [0.717, 1.165) is 32.1 Å². The van der Waals surface area contributed by atoms with Crippen LogP contribution in [0.5, 0.6) is 0 Å². The molecule has 0 radical (unpaired) electrons. The predicted molar refractivity (Wildman–Crippen MR) is 57.9 cm³/mol. The Hall–Kier alpha value is -1.20. The van der Waals surface area contributed by atoms with Crippen LogP contribution in [0.25, 0.3) is 0 Å². The van der Waals surface area contributed by atoms with E-state index in [1.165, 1.54) is 0 Å². The van der Waals surface area contributed by atoms with Crippen LogP contribution < -0.4 is 10.2 Å². The number of hydrogen-bond acceptors (Lipinski definition) is 5. The zero-order valence-electron chi connectivity index (χ0n) is 8.89. The quantitative estimate of drug-likeness (QED) is 0.752. The Labute approximate surface area is 89.5 Å². The molecule has 0 amide bonds. The Morgan fingerprint density at radius 3 is 3.20 bits per heavy atom. The van der Waals surface area contributed by atoms with Gasteiger partial charge in [0.05, 0.1) is 19.4 Å². The van der Waals surface area contributed by atoms with Gasteiger partial charge in [-0.15, -0.1) is 0 Å². The molecule has 0 aromatic carbocycles. The van der Waals surface area contributed by atoms with Crippen molar-refractivity contribution in [3.63, 3.8) is 0 Å². The zero-order valence-corrected chi connectivity index (χ0v) is 8.89. The Morgan fingerprint density at radius 2 is 2.53 bits per heavy atom. The summed E-state index contributed by atoms with van der Waals surface area (Å²) >= 11 is 0. The van der Waals surface area contributed by atoms with Crippen molar-refractivity contribution < 1.29 is 4.74 Å². The molecule has 5 nitrogen and oxygen atoms in total. The largest absolute Gasteiger partial charge is 0.378 e. The maximum atomic E-state index is 5.39. The standard InChI is InChI=1S/C10H16N4O/c1-14(10-6-11-2-3-13-10)7-9-8-15-5-4-12-9/h2-3,6,9,12H,4-5,7-8H2,1H3. The van der Waals surface area contributed by atoms with Crippen LogP contribution in [0.1, 0.15) is 0 Å². The molecule has 1 fully saturated rings. The number of aromatic nitrogens is 2. The lowest BCUT2D eigenvalue weighted by Crippen LogP contribution is -2.47. The van der Waals surface area contributed by atoms with Crippen molar-refractivity contribution in [1.29, 1.82) is 0 Å². The van der Waals surface area contributed by atoms with Crippen molar-refractivity contribution in [2.24, 2.45) is 0 Å². The number of anilines is 1. The summed E-state index contributed by atoms with van der Waals surface area (Å²) in [6, 6.07) is 0.380. The Balaban J connectivity index is 1.88. The van der Waals surface area contributed by atoms with Crippen LogP contribution in [0.15, 0.2) is 18.6 Å². The third-order valence-corrected chi connectivity index (χ3v) is 2.43. The van der Waals surface area contributed by atoms with Crippen molar-refractivity contribution in [3.05, 3.63) is 18.6 Å². The van der Waals surface area contributed by atoms with Crippen molar-refractivity contribution in [3.8, 4) is 0 Å². The lowest BCUT2D eigenvalue weighted by atomic mass is 10.2. The summed E-state index contributed by atoms with van der Waals surface area (Å²) in [6.07, 6.45) is 5.15. The molecule has 0 bridgehead atoms. The minimum Gasteiger partial charge on any atom is -0.378 e. The van der Waals surface area contributed by atoms with Gasteiger partial charge in [0.1, 0.15) is 5.82 Å². The number of likely N-dealkylation sites (N-methyl/N-ethyl adjacent to an activating group) is 1. The van der Waals surface area contributed by atoms with E-state index >= 15 is 0 Å². The molecular weight excluding hydrogens is 192 g/mol. The third-order valence-electron chi connectivity index (χ3n) is 2.43. The molecule has 0 spiro atoms. The Morgan fingerprint density at radius 1 is 1.60 bits per heavy atom. The summed E-state index contributed by atoms with van der Waals surface area (Å²) in [5.41, 5.74) is 0. The fourth-order valence-corrected chi connectivity index (χ4v) is 1.65. The first-order valence-electron chi connectivity index (χ1n) is 5.14. The number of rotatable bonds is 3. The van der Waals surface area contributed by atoms with Gasteiger partial charge in [-0.2, -0.15) is 0 Å². The van der Waals surface area contributed by atoms with E-state index in [2.05, 4.69) is 20.2 Å². The van der Waals surface area contributed by atoms with Gasteiger partial charge in [0.2, 0.25) is 0 Å². The van der Waals surface area contributed by atoms with Gasteiger partial charge in [-0.1, -0.05) is 0 Å². The molecule has 2 rings (SSSR count). The molecular formula is C10H16N4O. The van der Waals surface area contributed by atoms with Crippen LogP contribution in [0.2, 0.25) is 0 Å². The second-order valence-electron chi connectivity index (χ2n) is 3.67. The first-order chi connectivity index (χ1) is 7.36. The predicted octanol–water partition coefficient (Wildman–Crippen LogP) is -0.0988. The van der Waals surface area contributed by atoms with Crippen molar-refractivity contribution in [1.82, 2.24) is 15.3 Å². The maximum Gasteiger partial charge on any atom is 0.146 e. The van der Waals surface area contributed by atoms with Gasteiger partial charge in [0.25, 0.3) is 0 Å². The van der Waals surface area contributed by atoms with Gasteiger partial charge in [0.15, 0.2) is 0 Å². The SMILES string of the molecule is CN(CC1COCCN1)c1cnccn1. The Bertz CT molecular complexity index is 287. The molecule has 1 unspecified atom stereocenters. The maximum absolute atomic E-state index is 5.39. The molecule has 1 atom stereocenters. The van der Waals surface area contributed by atoms with E-state index in [4.69, 9.17) is 4.74 Å². The first kappa shape index (κ1) is 10.3. The first-order valence-corrected chi connectivity index (χ1v) is 5.14. The van der Waals surface area contributed by atoms with E-state index in [9.17, 15) is 0 Å². The molecule has 0 saturated carbocycles. The van der Waals surface area contributed by atoms with Crippen molar-refractivity contribution >= 4 is 5.82 Å². The van der Waals surface area contributed by atoms with Crippen molar-refractivity contribution in [2.45, 2.75) is 6.04 Å². The lowest BCUT2D eigenvalue weighted by molar-refractivity contribution is 0.0790. The van der Waals surface area contributed by atoms with Crippen LogP contribution in [-0.4, -0.2) is 49.4 Å². The smallest absolute Gasteiger partial charge is 0.146 e. The number of ether oxygens (including phenoxy) is 1. The fraction of sp³-hybridized carbons (Fsp3) is 0.600. The molecule has 1 aliphatic heterocycles. The molecule has 82 valence electrons. The highest BCUT2D eigenvalue weighted by molar-refractivity contribution is 5.33. The highest BCUT2D eigenvalue weighted by Crippen LogP contribution is 2.06. The minimum atomic E-state index is 0.380. The number of nitrogens with one attached hydrogen (secondary N) is 1. The van der Waals surface area contributed by atoms with Crippen LogP contribution in [0.4, 0.5) is 5.82 Å². The highest BCUT2D eigenvalue weighted by atomic mass is 16.5. The average molecular weight is 208 g/mol. The molecule has 1 saturated heterocycles. The van der Waals surface area contributed by atoms with Gasteiger partial charge in [-0.05, 0) is 0 Å². The monoisotopic (exact) mass is 208 g/mol. The number of nitrogens with zero attached hydrogens (tertiary/aromatic N) is 3. The highest BCUT2D eigenvalue weighted by Gasteiger charge is 2.15. The van der Waals surface area contributed by atoms with Gasteiger partial charge >= 0.3 is 0 Å². The van der Waals surface area contributed by atoms with E-state index in [0.29, 0.717) is 6.04 Å². The molecule has 5 heteroatoms. The van der Waals surface area contributed by atoms with E-state index in [1.807, 2.05) is 7.05 Å². The summed E-state index contributed by atoms with van der Waals surface area (Å²) < 4.78 is 5.39. The molecule has 15 heavy (non-hydrogen) atoms. The van der Waals surface area contributed by atoms with Gasteiger partial charge < -0.3 is 15.0 Å². The van der Waals surface area contributed by atoms with Gasteiger partial charge in [0, 0.05) is 38.6 Å². The summed E-state index contributed by atoms with van der Waals surface area (Å²) in [5, 5.41) is 3.40. The van der Waals surface area contributed by atoms with E-state index in [-0.39, 0.29) is 0 Å². The molecule has 1 aromatic heterocycles. The molecule has 1 aliphatic rings. The van der Waals surface area contributed by atoms with Crippen LogP contribution >= 0.6 is 0 Å². The molecule has 0 aliphatic carbocycles. The summed E-state index contributed by atoms with van der Waals surface area (Å²) in [4.78, 5) is 10.4. The molecule has 1 aromatic rings. The van der Waals surface area contributed by atoms with Crippen molar-refractivity contribution in [2.75, 3.05) is 38.3 Å². The van der Waals surface area contributed by atoms with Gasteiger partial charge in [-0.3, -0.25) is 4.98 Å². The van der Waals surface area contributed by atoms with E-state index < -0.39 is 0 Å². The number of morpholine rings is 1. The Kier molecular flexibility index (Phi) is 3.47. The zero-order chi connectivity index (χ0) is 10.5. The average Bonchev–Trinajstić information content (AvgIpc) is 2.31. The fourth-order valence-electron chi connectivity index (χ4n) is 1.65. The molecule has 1 N–H and O–H groups in total. The van der Waals surface area contributed by atoms with Gasteiger partial charge in [-0.25, -0.2) is 4.98 Å². The second-order valence-corrected chi connectivity index (χ2v) is 3.67. The lowest BCUT2D eigenvalue weighted by Gasteiger charge is -2.28. The second kappa shape index (κ2) is 5.04. The summed E-state index contributed by atoms with van der Waals surface area (Å²) in [7, 11) is 2.01. The van der Waals surface area contributed by atoms with Crippen LogP contribution in [-0.2, 0) is 4.74 Å². The summed E-state index contributed by atoms with van der Waals surface area (Å²) in [5.74, 6) is 0.893. The minimum absolute atomic E-state index is 0.380. The van der Waals surface area contributed by atoms with E-state index in [1.54, 1.807) is 18.6 Å². The topological polar surface area (TPSA) is 50.3 Å². The van der Waals surface area contributed by atoms with Crippen LogP contribution in [0.3, 0.4) is 0 Å². The molecule has 2 heterocycles.